The molecule has 1 aromatic carbocycles. The molecule has 1 heterocycles. The predicted molar refractivity (Wildman–Crippen MR) is 73.9 cm³/mol. The van der Waals surface area contributed by atoms with E-state index < -0.39 is 5.54 Å². The molecule has 0 bridgehead atoms. The van der Waals surface area contributed by atoms with Gasteiger partial charge < -0.3 is 10.6 Å². The molecule has 4 heteroatoms. The van der Waals surface area contributed by atoms with Crippen molar-refractivity contribution < 1.29 is 4.79 Å². The van der Waals surface area contributed by atoms with Crippen LogP contribution in [0.3, 0.4) is 0 Å². The van der Waals surface area contributed by atoms with Gasteiger partial charge in [0.1, 0.15) is 5.54 Å². The van der Waals surface area contributed by atoms with Gasteiger partial charge >= 0.3 is 0 Å². The van der Waals surface area contributed by atoms with E-state index >= 15 is 0 Å². The summed E-state index contributed by atoms with van der Waals surface area (Å²) in [7, 11) is 0. The van der Waals surface area contributed by atoms with Gasteiger partial charge in [-0.05, 0) is 42.9 Å². The summed E-state index contributed by atoms with van der Waals surface area (Å²) in [5.74, 6) is 1.16. The molecule has 1 amide bonds. The highest BCUT2D eigenvalue weighted by Crippen LogP contribution is 2.43. The molecular weight excluding hydrogens is 292 g/mol. The number of hydrogen-bond donors (Lipinski definition) is 2. The molecule has 2 atom stereocenters. The zero-order chi connectivity index (χ0) is 12.8. The third kappa shape index (κ3) is 1.85. The van der Waals surface area contributed by atoms with Crippen LogP contribution in [-0.2, 0) is 4.79 Å². The number of carbonyl (C=O) groups excluding carboxylic acids is 1. The highest BCUT2D eigenvalue weighted by atomic mass is 79.9. The van der Waals surface area contributed by atoms with Crippen LogP contribution in [0, 0.1) is 0 Å². The number of halogens is 1. The summed E-state index contributed by atoms with van der Waals surface area (Å²) in [5, 5.41) is 6.00. The van der Waals surface area contributed by atoms with Crippen molar-refractivity contribution in [1.29, 1.82) is 0 Å². The smallest absolute Gasteiger partial charge is 0.251 e. The molecule has 1 aliphatic carbocycles. The van der Waals surface area contributed by atoms with Gasteiger partial charge in [0.05, 0.1) is 5.82 Å². The Balaban J connectivity index is 1.81. The summed E-state index contributed by atoms with van der Waals surface area (Å²) in [6.45, 7) is 3.78. The van der Waals surface area contributed by atoms with Crippen LogP contribution in [-0.4, -0.2) is 11.4 Å². The van der Waals surface area contributed by atoms with E-state index in [1.165, 1.54) is 5.56 Å². The quantitative estimate of drug-likeness (QED) is 0.837. The van der Waals surface area contributed by atoms with Gasteiger partial charge in [0.15, 0.2) is 0 Å². The number of nitrogens with one attached hydrogen (secondary N) is 2. The molecule has 2 N–H and O–H groups in total. The molecule has 94 valence electrons. The summed E-state index contributed by atoms with van der Waals surface area (Å²) in [4.78, 5) is 12.0. The average molecular weight is 307 g/mol. The second kappa shape index (κ2) is 4.12. The number of rotatable bonds is 1. The lowest BCUT2D eigenvalue weighted by molar-refractivity contribution is -0.123. The van der Waals surface area contributed by atoms with E-state index in [0.29, 0.717) is 11.7 Å². The molecule has 0 aromatic heterocycles. The van der Waals surface area contributed by atoms with Crippen LogP contribution in [0.1, 0.15) is 30.7 Å². The van der Waals surface area contributed by atoms with Crippen LogP contribution in [0.4, 0.5) is 0 Å². The second-order valence-electron chi connectivity index (χ2n) is 5.13. The molecule has 1 spiro atoms. The molecule has 0 unspecified atom stereocenters. The molecule has 3 nitrogen and oxygen atoms in total. The maximum atomic E-state index is 12.0. The van der Waals surface area contributed by atoms with E-state index in [1.807, 2.05) is 0 Å². The largest absolute Gasteiger partial charge is 0.358 e. The Morgan fingerprint density at radius 1 is 1.33 bits per heavy atom. The van der Waals surface area contributed by atoms with Crippen LogP contribution >= 0.6 is 15.9 Å². The molecule has 2 aliphatic rings. The Hall–Kier alpha value is -1.29. The lowest BCUT2D eigenvalue weighted by atomic mass is 9.92. The molecule has 1 saturated carbocycles. The van der Waals surface area contributed by atoms with Crippen molar-refractivity contribution >= 4 is 21.8 Å². The summed E-state index contributed by atoms with van der Waals surface area (Å²) in [5.41, 5.74) is 0.886. The van der Waals surface area contributed by atoms with E-state index in [0.717, 1.165) is 23.7 Å². The molecule has 3 rings (SSSR count). The Morgan fingerprint density at radius 3 is 2.67 bits per heavy atom. The first-order valence-electron chi connectivity index (χ1n) is 6.13. The highest BCUT2D eigenvalue weighted by Gasteiger charge is 2.49. The van der Waals surface area contributed by atoms with Crippen molar-refractivity contribution in [2.45, 2.75) is 30.7 Å². The third-order valence-corrected chi connectivity index (χ3v) is 4.47. The van der Waals surface area contributed by atoms with Crippen LogP contribution in [0.25, 0.3) is 0 Å². The standard InChI is InChI=1S/C14H15BrN2O/c1-9-16-13(18)14(17-9)7-6-11(8-14)10-2-4-12(15)5-3-10/h2-5,11,17H,1,6-8H2,(H,16,18)/t11-,14-/m0/s1. The van der Waals surface area contributed by atoms with Gasteiger partial charge in [-0.2, -0.15) is 0 Å². The molecule has 18 heavy (non-hydrogen) atoms. The van der Waals surface area contributed by atoms with E-state index in [4.69, 9.17) is 0 Å². The van der Waals surface area contributed by atoms with E-state index in [1.54, 1.807) is 0 Å². The average Bonchev–Trinajstić information content (AvgIpc) is 2.86. The van der Waals surface area contributed by atoms with Crippen LogP contribution in [0.5, 0.6) is 0 Å². The maximum absolute atomic E-state index is 12.0. The lowest BCUT2D eigenvalue weighted by Gasteiger charge is -2.20. The first kappa shape index (κ1) is 11.8. The number of amides is 1. The topological polar surface area (TPSA) is 41.1 Å². The zero-order valence-corrected chi connectivity index (χ0v) is 11.6. The van der Waals surface area contributed by atoms with Crippen molar-refractivity contribution in [3.63, 3.8) is 0 Å². The van der Waals surface area contributed by atoms with Crippen LogP contribution in [0.2, 0.25) is 0 Å². The molecule has 1 aliphatic heterocycles. The first-order valence-corrected chi connectivity index (χ1v) is 6.92. The van der Waals surface area contributed by atoms with Gasteiger partial charge in [0, 0.05) is 4.47 Å². The zero-order valence-electron chi connectivity index (χ0n) is 10.0. The Morgan fingerprint density at radius 2 is 2.06 bits per heavy atom. The number of hydrogen-bond acceptors (Lipinski definition) is 2. The van der Waals surface area contributed by atoms with Gasteiger partial charge in [-0.15, -0.1) is 0 Å². The molecule has 1 aromatic rings. The normalized spacial score (nSPS) is 30.6. The van der Waals surface area contributed by atoms with E-state index in [-0.39, 0.29) is 5.91 Å². The number of benzene rings is 1. The minimum atomic E-state index is -0.422. The molecule has 2 fully saturated rings. The Bertz CT molecular complexity index is 511. The number of carbonyl (C=O) groups is 1. The van der Waals surface area contributed by atoms with Crippen molar-refractivity contribution in [3.05, 3.63) is 46.7 Å². The van der Waals surface area contributed by atoms with Crippen molar-refractivity contribution in [2.24, 2.45) is 0 Å². The van der Waals surface area contributed by atoms with Crippen molar-refractivity contribution in [2.75, 3.05) is 0 Å². The second-order valence-corrected chi connectivity index (χ2v) is 6.05. The maximum Gasteiger partial charge on any atom is 0.251 e. The van der Waals surface area contributed by atoms with Crippen molar-refractivity contribution in [3.8, 4) is 0 Å². The monoisotopic (exact) mass is 306 g/mol. The van der Waals surface area contributed by atoms with Gasteiger partial charge in [-0.25, -0.2) is 0 Å². The van der Waals surface area contributed by atoms with Crippen LogP contribution in [0.15, 0.2) is 41.1 Å². The van der Waals surface area contributed by atoms with Crippen LogP contribution < -0.4 is 10.6 Å². The summed E-state index contributed by atoms with van der Waals surface area (Å²) in [6, 6.07) is 8.38. The third-order valence-electron chi connectivity index (χ3n) is 3.95. The SMILES string of the molecule is C=C1NC(=O)[C@@]2(CC[C@H](c3ccc(Br)cc3)C2)N1. The molecule has 1 saturated heterocycles. The Labute approximate surface area is 115 Å². The van der Waals surface area contributed by atoms with Crippen molar-refractivity contribution in [1.82, 2.24) is 10.6 Å². The van der Waals surface area contributed by atoms with Gasteiger partial charge in [0.25, 0.3) is 5.91 Å². The Kier molecular flexibility index (Phi) is 2.70. The first-order chi connectivity index (χ1) is 8.59. The lowest BCUT2D eigenvalue weighted by Crippen LogP contribution is -2.43. The van der Waals surface area contributed by atoms with Gasteiger partial charge in [-0.3, -0.25) is 4.79 Å². The van der Waals surface area contributed by atoms with Gasteiger partial charge in [0.2, 0.25) is 0 Å². The molecular formula is C14H15BrN2O. The fourth-order valence-corrected chi connectivity index (χ4v) is 3.28. The van der Waals surface area contributed by atoms with E-state index in [2.05, 4.69) is 57.4 Å². The summed E-state index contributed by atoms with van der Waals surface area (Å²) < 4.78 is 1.09. The molecule has 0 radical (unpaired) electrons. The fraction of sp³-hybridized carbons (Fsp3) is 0.357. The highest BCUT2D eigenvalue weighted by molar-refractivity contribution is 9.10. The summed E-state index contributed by atoms with van der Waals surface area (Å²) in [6.07, 6.45) is 2.76. The van der Waals surface area contributed by atoms with E-state index in [9.17, 15) is 4.79 Å². The predicted octanol–water partition coefficient (Wildman–Crippen LogP) is 2.65. The minimum absolute atomic E-state index is 0.0760. The minimum Gasteiger partial charge on any atom is -0.358 e. The fourth-order valence-electron chi connectivity index (χ4n) is 3.02. The van der Waals surface area contributed by atoms with Gasteiger partial charge in [-0.1, -0.05) is 34.6 Å². The summed E-state index contributed by atoms with van der Waals surface area (Å²) >= 11 is 3.44.